The third-order valence-electron chi connectivity index (χ3n) is 5.47. The number of benzene rings is 2. The minimum Gasteiger partial charge on any atom is -0.497 e. The monoisotopic (exact) mass is 428 g/mol. The fourth-order valence-corrected chi connectivity index (χ4v) is 5.39. The van der Waals surface area contributed by atoms with E-state index in [-0.39, 0.29) is 17.2 Å². The lowest BCUT2D eigenvalue weighted by Gasteiger charge is -2.22. The van der Waals surface area contributed by atoms with Gasteiger partial charge in [0.1, 0.15) is 17.2 Å². The van der Waals surface area contributed by atoms with Gasteiger partial charge in [0.05, 0.1) is 26.9 Å². The maximum absolute atomic E-state index is 13.2. The number of carbonyl (C=O) groups is 2. The van der Waals surface area contributed by atoms with Crippen LogP contribution in [0.4, 0.5) is 0 Å². The number of rotatable bonds is 7. The fourth-order valence-electron chi connectivity index (χ4n) is 3.93. The van der Waals surface area contributed by atoms with E-state index >= 15 is 0 Å². The van der Waals surface area contributed by atoms with E-state index in [1.54, 1.807) is 36.9 Å². The van der Waals surface area contributed by atoms with Crippen LogP contribution >= 0.6 is 11.8 Å². The Morgan fingerprint density at radius 1 is 1.10 bits per heavy atom. The zero-order valence-electron chi connectivity index (χ0n) is 17.1. The molecule has 30 heavy (non-hydrogen) atoms. The van der Waals surface area contributed by atoms with Crippen molar-refractivity contribution in [3.8, 4) is 17.2 Å². The smallest absolute Gasteiger partial charge is 0.260 e. The molecule has 0 saturated carbocycles. The van der Waals surface area contributed by atoms with Gasteiger partial charge in [-0.2, -0.15) is 0 Å². The molecule has 0 spiro atoms. The van der Waals surface area contributed by atoms with Crippen molar-refractivity contribution >= 4 is 23.6 Å². The van der Waals surface area contributed by atoms with E-state index in [1.165, 1.54) is 7.11 Å². The lowest BCUT2D eigenvalue weighted by Crippen LogP contribution is -2.46. The molecule has 0 bridgehead atoms. The Bertz CT molecular complexity index is 963. The average molecular weight is 429 g/mol. The van der Waals surface area contributed by atoms with E-state index in [1.807, 2.05) is 30.3 Å². The van der Waals surface area contributed by atoms with Gasteiger partial charge < -0.3 is 24.4 Å². The molecule has 2 aromatic rings. The quantitative estimate of drug-likeness (QED) is 0.731. The zero-order valence-corrected chi connectivity index (χ0v) is 18.0. The van der Waals surface area contributed by atoms with Gasteiger partial charge in [0.2, 0.25) is 5.91 Å². The number of nitrogens with zero attached hydrogens (tertiary/aromatic N) is 1. The molecular formula is C22H24N2O5S. The van der Waals surface area contributed by atoms with Crippen LogP contribution in [-0.4, -0.2) is 56.4 Å². The molecule has 2 aromatic carbocycles. The van der Waals surface area contributed by atoms with Crippen LogP contribution in [0.15, 0.2) is 36.4 Å². The van der Waals surface area contributed by atoms with Crippen molar-refractivity contribution < 1.29 is 23.8 Å². The molecule has 2 aliphatic heterocycles. The van der Waals surface area contributed by atoms with Crippen molar-refractivity contribution in [2.75, 3.05) is 33.6 Å². The van der Waals surface area contributed by atoms with E-state index in [2.05, 4.69) is 5.32 Å². The number of hydrogen-bond acceptors (Lipinski definition) is 6. The van der Waals surface area contributed by atoms with Crippen LogP contribution < -0.4 is 19.5 Å². The predicted molar refractivity (Wildman–Crippen MR) is 114 cm³/mol. The maximum atomic E-state index is 13.2. The molecule has 2 atom stereocenters. The SMILES string of the molecule is COc1ccc(CCNC(=O)[C@@H]2CS[C@@H]3c4ccc(OC)c(OC)c4C(=O)N32)cc1. The molecule has 4 rings (SSSR count). The summed E-state index contributed by atoms with van der Waals surface area (Å²) in [5, 5.41) is 2.80. The zero-order chi connectivity index (χ0) is 21.3. The number of nitrogens with one attached hydrogen (secondary N) is 1. The van der Waals surface area contributed by atoms with Crippen molar-refractivity contribution in [3.63, 3.8) is 0 Å². The molecule has 2 amide bonds. The van der Waals surface area contributed by atoms with Gasteiger partial charge >= 0.3 is 0 Å². The molecule has 2 heterocycles. The van der Waals surface area contributed by atoms with Gasteiger partial charge in [-0.05, 0) is 30.2 Å². The molecule has 0 aliphatic carbocycles. The third kappa shape index (κ3) is 3.45. The summed E-state index contributed by atoms with van der Waals surface area (Å²) in [7, 11) is 4.69. The topological polar surface area (TPSA) is 77.1 Å². The Kier molecular flexibility index (Phi) is 5.76. The van der Waals surface area contributed by atoms with Gasteiger partial charge in [0.25, 0.3) is 5.91 Å². The van der Waals surface area contributed by atoms with E-state index in [9.17, 15) is 9.59 Å². The number of thioether (sulfide) groups is 1. The summed E-state index contributed by atoms with van der Waals surface area (Å²) in [5.41, 5.74) is 2.47. The number of ether oxygens (including phenoxy) is 3. The molecule has 1 saturated heterocycles. The van der Waals surface area contributed by atoms with Crippen LogP contribution in [0.5, 0.6) is 17.2 Å². The van der Waals surface area contributed by atoms with E-state index in [0.29, 0.717) is 35.8 Å². The van der Waals surface area contributed by atoms with E-state index in [0.717, 1.165) is 16.9 Å². The maximum Gasteiger partial charge on any atom is 0.260 e. The summed E-state index contributed by atoms with van der Waals surface area (Å²) in [5.74, 6) is 1.98. The van der Waals surface area contributed by atoms with Gasteiger partial charge in [-0.25, -0.2) is 0 Å². The second-order valence-corrected chi connectivity index (χ2v) is 8.18. The van der Waals surface area contributed by atoms with Crippen LogP contribution in [0.1, 0.15) is 26.9 Å². The molecule has 2 aliphatic rings. The van der Waals surface area contributed by atoms with Crippen molar-refractivity contribution in [1.29, 1.82) is 0 Å². The largest absolute Gasteiger partial charge is 0.497 e. The van der Waals surface area contributed by atoms with Gasteiger partial charge in [-0.15, -0.1) is 11.8 Å². The van der Waals surface area contributed by atoms with Crippen LogP contribution in [0.25, 0.3) is 0 Å². The van der Waals surface area contributed by atoms with Crippen molar-refractivity contribution in [3.05, 3.63) is 53.1 Å². The minimum absolute atomic E-state index is 0.134. The fraction of sp³-hybridized carbons (Fsp3) is 0.364. The second-order valence-electron chi connectivity index (χ2n) is 7.07. The van der Waals surface area contributed by atoms with Gasteiger partial charge in [0.15, 0.2) is 11.5 Å². The summed E-state index contributed by atoms with van der Waals surface area (Å²) in [6.45, 7) is 0.503. The number of carbonyl (C=O) groups excluding carboxylic acids is 2. The number of fused-ring (bicyclic) bond motifs is 3. The van der Waals surface area contributed by atoms with Gasteiger partial charge in [0, 0.05) is 17.9 Å². The summed E-state index contributed by atoms with van der Waals surface area (Å²) in [6, 6.07) is 10.9. The lowest BCUT2D eigenvalue weighted by molar-refractivity contribution is -0.124. The first kappa shape index (κ1) is 20.4. The van der Waals surface area contributed by atoms with Crippen LogP contribution in [0.3, 0.4) is 0 Å². The summed E-state index contributed by atoms with van der Waals surface area (Å²) >= 11 is 1.60. The Balaban J connectivity index is 1.44. The number of amides is 2. The Morgan fingerprint density at radius 3 is 2.53 bits per heavy atom. The Hall–Kier alpha value is -2.87. The second kappa shape index (κ2) is 8.47. The van der Waals surface area contributed by atoms with Crippen molar-refractivity contribution in [2.24, 2.45) is 0 Å². The molecular weight excluding hydrogens is 404 g/mol. The average Bonchev–Trinajstić information content (AvgIpc) is 3.33. The highest BCUT2D eigenvalue weighted by molar-refractivity contribution is 7.99. The lowest BCUT2D eigenvalue weighted by atomic mass is 10.1. The highest BCUT2D eigenvalue weighted by atomic mass is 32.2. The van der Waals surface area contributed by atoms with E-state index < -0.39 is 6.04 Å². The molecule has 1 N–H and O–H groups in total. The molecule has 8 heteroatoms. The van der Waals surface area contributed by atoms with Crippen molar-refractivity contribution in [2.45, 2.75) is 17.8 Å². The highest BCUT2D eigenvalue weighted by Crippen LogP contribution is 2.52. The number of hydrogen-bond donors (Lipinski definition) is 1. The van der Waals surface area contributed by atoms with Crippen molar-refractivity contribution in [1.82, 2.24) is 10.2 Å². The molecule has 158 valence electrons. The van der Waals surface area contributed by atoms with Gasteiger partial charge in [-0.1, -0.05) is 18.2 Å². The van der Waals surface area contributed by atoms with Crippen LogP contribution in [0, 0.1) is 0 Å². The summed E-state index contributed by atoms with van der Waals surface area (Å²) < 4.78 is 15.9. The molecule has 0 aromatic heterocycles. The summed E-state index contributed by atoms with van der Waals surface area (Å²) in [6.07, 6.45) is 0.707. The predicted octanol–water partition coefficient (Wildman–Crippen LogP) is 2.64. The molecule has 0 radical (unpaired) electrons. The first-order valence-corrected chi connectivity index (χ1v) is 10.7. The summed E-state index contributed by atoms with van der Waals surface area (Å²) in [4.78, 5) is 27.7. The first-order valence-electron chi connectivity index (χ1n) is 9.68. The standard InChI is InChI=1S/C22H24N2O5S/c1-27-14-6-4-13(5-7-14)10-11-23-20(25)16-12-30-22-15-8-9-17(28-2)19(29-3)18(15)21(26)24(16)22/h4-9,16,22H,10-12H2,1-3H3,(H,23,25)/t16-,22+/m0/s1. The van der Waals surface area contributed by atoms with Crippen LogP contribution in [-0.2, 0) is 11.2 Å². The Morgan fingerprint density at radius 2 is 1.87 bits per heavy atom. The molecule has 7 nitrogen and oxygen atoms in total. The minimum atomic E-state index is -0.508. The van der Waals surface area contributed by atoms with Crippen LogP contribution in [0.2, 0.25) is 0 Å². The normalized spacial score (nSPS) is 19.3. The third-order valence-corrected chi connectivity index (χ3v) is 6.77. The number of methoxy groups -OCH3 is 3. The first-order chi connectivity index (χ1) is 14.6. The Labute approximate surface area is 179 Å². The van der Waals surface area contributed by atoms with Gasteiger partial charge in [-0.3, -0.25) is 9.59 Å². The highest BCUT2D eigenvalue weighted by Gasteiger charge is 2.50. The molecule has 1 fully saturated rings. The van der Waals surface area contributed by atoms with E-state index in [4.69, 9.17) is 14.2 Å². The molecule has 0 unspecified atom stereocenters.